The van der Waals surface area contributed by atoms with Crippen molar-refractivity contribution < 1.29 is 9.53 Å². The number of carbonyl (C=O) groups is 1. The highest BCUT2D eigenvalue weighted by molar-refractivity contribution is 5.81. The first-order valence-corrected chi connectivity index (χ1v) is 6.13. The van der Waals surface area contributed by atoms with Crippen molar-refractivity contribution in [3.63, 3.8) is 0 Å². The molecule has 0 aromatic carbocycles. The fourth-order valence-corrected chi connectivity index (χ4v) is 1.23. The Morgan fingerprint density at radius 1 is 1.38 bits per heavy atom. The van der Waals surface area contributed by atoms with E-state index in [4.69, 9.17) is 10.5 Å². The molecule has 0 radical (unpaired) electrons. The van der Waals surface area contributed by atoms with Crippen molar-refractivity contribution in [1.29, 1.82) is 0 Å². The summed E-state index contributed by atoms with van der Waals surface area (Å²) in [6.45, 7) is 9.33. The first-order valence-electron chi connectivity index (χ1n) is 6.13. The highest BCUT2D eigenvalue weighted by Crippen LogP contribution is 2.04. The van der Waals surface area contributed by atoms with Gasteiger partial charge in [-0.25, -0.2) is 0 Å². The van der Waals surface area contributed by atoms with E-state index in [9.17, 15) is 4.79 Å². The van der Waals surface area contributed by atoms with E-state index in [1.54, 1.807) is 0 Å². The number of hydrogen-bond acceptors (Lipinski definition) is 3. The van der Waals surface area contributed by atoms with Crippen molar-refractivity contribution in [1.82, 2.24) is 5.32 Å². The van der Waals surface area contributed by atoms with Crippen LogP contribution in [-0.4, -0.2) is 31.2 Å². The Labute approximate surface area is 98.9 Å². The third-order valence-electron chi connectivity index (χ3n) is 2.63. The number of rotatable bonds is 8. The van der Waals surface area contributed by atoms with Gasteiger partial charge in [-0.05, 0) is 26.2 Å². The number of amides is 1. The Kier molecular flexibility index (Phi) is 8.21. The summed E-state index contributed by atoms with van der Waals surface area (Å²) >= 11 is 0. The molecule has 0 saturated carbocycles. The van der Waals surface area contributed by atoms with Crippen molar-refractivity contribution in [2.45, 2.75) is 52.7 Å². The minimum atomic E-state index is -0.393. The van der Waals surface area contributed by atoms with Crippen molar-refractivity contribution in [2.75, 3.05) is 13.2 Å². The fourth-order valence-electron chi connectivity index (χ4n) is 1.23. The number of hydrogen-bond donors (Lipinski definition) is 2. The van der Waals surface area contributed by atoms with E-state index in [0.717, 1.165) is 12.8 Å². The van der Waals surface area contributed by atoms with E-state index in [-0.39, 0.29) is 17.9 Å². The second-order valence-corrected chi connectivity index (χ2v) is 4.48. The molecule has 1 amide bonds. The molecule has 0 heterocycles. The lowest BCUT2D eigenvalue weighted by molar-refractivity contribution is -0.123. The molecule has 0 aliphatic rings. The number of nitrogens with two attached hydrogens (primary N) is 1. The molecular formula is C12H26N2O2. The predicted molar refractivity (Wildman–Crippen MR) is 66.1 cm³/mol. The molecule has 2 atom stereocenters. The van der Waals surface area contributed by atoms with E-state index < -0.39 is 6.04 Å². The van der Waals surface area contributed by atoms with Gasteiger partial charge in [-0.2, -0.15) is 0 Å². The first kappa shape index (κ1) is 15.4. The van der Waals surface area contributed by atoms with Crippen molar-refractivity contribution in [2.24, 2.45) is 11.7 Å². The lowest BCUT2D eigenvalue weighted by atomic mass is 9.99. The maximum absolute atomic E-state index is 11.6. The van der Waals surface area contributed by atoms with E-state index >= 15 is 0 Å². The molecule has 0 saturated heterocycles. The summed E-state index contributed by atoms with van der Waals surface area (Å²) in [5, 5.41) is 2.83. The number of ether oxygens (including phenoxy) is 1. The van der Waals surface area contributed by atoms with Crippen LogP contribution in [0.2, 0.25) is 0 Å². The molecule has 0 aliphatic carbocycles. The van der Waals surface area contributed by atoms with Crippen LogP contribution in [0.25, 0.3) is 0 Å². The molecule has 4 heteroatoms. The number of carbonyl (C=O) groups excluding carboxylic acids is 1. The Hall–Kier alpha value is -0.610. The largest absolute Gasteiger partial charge is 0.379 e. The van der Waals surface area contributed by atoms with Crippen LogP contribution in [0.4, 0.5) is 0 Å². The van der Waals surface area contributed by atoms with E-state index in [1.165, 1.54) is 0 Å². The second-order valence-electron chi connectivity index (χ2n) is 4.48. The van der Waals surface area contributed by atoms with Gasteiger partial charge >= 0.3 is 0 Å². The normalized spacial score (nSPS) is 14.9. The van der Waals surface area contributed by atoms with Gasteiger partial charge in [0, 0.05) is 13.2 Å². The van der Waals surface area contributed by atoms with Crippen LogP contribution in [0.5, 0.6) is 0 Å². The topological polar surface area (TPSA) is 64.4 Å². The van der Waals surface area contributed by atoms with Crippen LogP contribution >= 0.6 is 0 Å². The summed E-state index contributed by atoms with van der Waals surface area (Å²) in [6.07, 6.45) is 2.00. The second kappa shape index (κ2) is 8.53. The SMILES string of the molecule is CCC(C)C(N)C(=O)NCCCOC(C)C. The van der Waals surface area contributed by atoms with Gasteiger partial charge in [0.2, 0.25) is 5.91 Å². The van der Waals surface area contributed by atoms with Crippen LogP contribution in [0, 0.1) is 5.92 Å². The average Bonchev–Trinajstić information content (AvgIpc) is 2.25. The summed E-state index contributed by atoms with van der Waals surface area (Å²) in [4.78, 5) is 11.6. The van der Waals surface area contributed by atoms with Gasteiger partial charge in [0.25, 0.3) is 0 Å². The maximum atomic E-state index is 11.6. The molecular weight excluding hydrogens is 204 g/mol. The molecule has 0 bridgehead atoms. The molecule has 0 aromatic rings. The van der Waals surface area contributed by atoms with Crippen LogP contribution in [0.1, 0.15) is 40.5 Å². The van der Waals surface area contributed by atoms with Crippen LogP contribution in [0.15, 0.2) is 0 Å². The fraction of sp³-hybridized carbons (Fsp3) is 0.917. The summed E-state index contributed by atoms with van der Waals surface area (Å²) < 4.78 is 5.37. The maximum Gasteiger partial charge on any atom is 0.237 e. The van der Waals surface area contributed by atoms with Crippen molar-refractivity contribution in [3.8, 4) is 0 Å². The Morgan fingerprint density at radius 3 is 2.50 bits per heavy atom. The zero-order valence-electron chi connectivity index (χ0n) is 11.0. The van der Waals surface area contributed by atoms with Gasteiger partial charge in [-0.3, -0.25) is 4.79 Å². The highest BCUT2D eigenvalue weighted by atomic mass is 16.5. The standard InChI is InChI=1S/C12H26N2O2/c1-5-10(4)11(13)12(15)14-7-6-8-16-9(2)3/h9-11H,5-8,13H2,1-4H3,(H,14,15). The third-order valence-corrected chi connectivity index (χ3v) is 2.63. The molecule has 3 N–H and O–H groups in total. The van der Waals surface area contributed by atoms with E-state index in [2.05, 4.69) is 5.32 Å². The molecule has 0 spiro atoms. The van der Waals surface area contributed by atoms with Gasteiger partial charge in [0.1, 0.15) is 0 Å². The minimum Gasteiger partial charge on any atom is -0.379 e. The van der Waals surface area contributed by atoms with E-state index in [0.29, 0.717) is 13.2 Å². The molecule has 0 aliphatic heterocycles. The molecule has 96 valence electrons. The molecule has 0 rings (SSSR count). The van der Waals surface area contributed by atoms with Gasteiger partial charge in [0.15, 0.2) is 0 Å². The Balaban J connectivity index is 3.57. The lowest BCUT2D eigenvalue weighted by Gasteiger charge is -2.17. The number of nitrogens with one attached hydrogen (secondary N) is 1. The molecule has 4 nitrogen and oxygen atoms in total. The highest BCUT2D eigenvalue weighted by Gasteiger charge is 2.18. The van der Waals surface area contributed by atoms with Crippen LogP contribution in [-0.2, 0) is 9.53 Å². The van der Waals surface area contributed by atoms with Crippen molar-refractivity contribution >= 4 is 5.91 Å². The third kappa shape index (κ3) is 6.80. The molecule has 16 heavy (non-hydrogen) atoms. The summed E-state index contributed by atoms with van der Waals surface area (Å²) in [6, 6.07) is -0.393. The lowest BCUT2D eigenvalue weighted by Crippen LogP contribution is -2.45. The van der Waals surface area contributed by atoms with Gasteiger partial charge < -0.3 is 15.8 Å². The smallest absolute Gasteiger partial charge is 0.237 e. The zero-order chi connectivity index (χ0) is 12.6. The molecule has 0 fully saturated rings. The monoisotopic (exact) mass is 230 g/mol. The minimum absolute atomic E-state index is 0.0566. The summed E-state index contributed by atoms with van der Waals surface area (Å²) in [5.41, 5.74) is 5.79. The predicted octanol–water partition coefficient (Wildman–Crippen LogP) is 1.29. The van der Waals surface area contributed by atoms with Gasteiger partial charge in [-0.15, -0.1) is 0 Å². The summed E-state index contributed by atoms with van der Waals surface area (Å²) in [5.74, 6) is 0.172. The van der Waals surface area contributed by atoms with Crippen LogP contribution in [0.3, 0.4) is 0 Å². The average molecular weight is 230 g/mol. The van der Waals surface area contributed by atoms with Gasteiger partial charge in [-0.1, -0.05) is 20.3 Å². The quantitative estimate of drug-likeness (QED) is 0.618. The first-order chi connectivity index (χ1) is 7.49. The summed E-state index contributed by atoms with van der Waals surface area (Å²) in [7, 11) is 0. The van der Waals surface area contributed by atoms with Crippen molar-refractivity contribution in [3.05, 3.63) is 0 Å². The van der Waals surface area contributed by atoms with Crippen LogP contribution < -0.4 is 11.1 Å². The molecule has 0 aromatic heterocycles. The Morgan fingerprint density at radius 2 is 2.00 bits per heavy atom. The Bertz CT molecular complexity index is 195. The van der Waals surface area contributed by atoms with E-state index in [1.807, 2.05) is 27.7 Å². The zero-order valence-corrected chi connectivity index (χ0v) is 11.0. The van der Waals surface area contributed by atoms with Gasteiger partial charge in [0.05, 0.1) is 12.1 Å². The molecule has 2 unspecified atom stereocenters.